The minimum atomic E-state index is -0.0948. The number of urea groups is 1. The van der Waals surface area contributed by atoms with Crippen molar-refractivity contribution in [2.24, 2.45) is 5.92 Å². The Kier molecular flexibility index (Phi) is 5.71. The minimum Gasteiger partial charge on any atom is -0.370 e. The molecule has 0 aliphatic carbocycles. The number of rotatable bonds is 5. The van der Waals surface area contributed by atoms with E-state index in [1.807, 2.05) is 30.5 Å². The fourth-order valence-corrected chi connectivity index (χ4v) is 3.86. The average Bonchev–Trinajstić information content (AvgIpc) is 2.77. The van der Waals surface area contributed by atoms with Gasteiger partial charge >= 0.3 is 6.03 Å². The van der Waals surface area contributed by atoms with Crippen LogP contribution in [0.4, 0.5) is 10.5 Å². The third-order valence-electron chi connectivity index (χ3n) is 5.50. The number of benzene rings is 2. The molecule has 0 bridgehead atoms. The molecule has 144 valence electrons. The van der Waals surface area contributed by atoms with Crippen LogP contribution in [0.2, 0.25) is 0 Å². The molecule has 1 saturated heterocycles. The number of fused-ring (bicyclic) bond motifs is 1. The number of hydrogen-bond donors (Lipinski definition) is 2. The van der Waals surface area contributed by atoms with Crippen LogP contribution >= 0.6 is 0 Å². The van der Waals surface area contributed by atoms with Gasteiger partial charge in [0.2, 0.25) is 0 Å². The van der Waals surface area contributed by atoms with Crippen molar-refractivity contribution in [1.82, 2.24) is 15.6 Å². The molecule has 2 N–H and O–H groups in total. The lowest BCUT2D eigenvalue weighted by molar-refractivity contribution is 0.237. The molecule has 5 heteroatoms. The molecule has 2 heterocycles. The lowest BCUT2D eigenvalue weighted by Gasteiger charge is -2.33. The van der Waals surface area contributed by atoms with Gasteiger partial charge in [-0.1, -0.05) is 42.5 Å². The summed E-state index contributed by atoms with van der Waals surface area (Å²) >= 11 is 0. The van der Waals surface area contributed by atoms with Gasteiger partial charge in [-0.3, -0.25) is 4.98 Å². The zero-order chi connectivity index (χ0) is 19.2. The Morgan fingerprint density at radius 2 is 1.82 bits per heavy atom. The monoisotopic (exact) mass is 374 g/mol. The molecule has 1 aliphatic rings. The van der Waals surface area contributed by atoms with Crippen molar-refractivity contribution in [3.05, 3.63) is 72.6 Å². The summed E-state index contributed by atoms with van der Waals surface area (Å²) in [5.74, 6) is 0.524. The number of aromatic nitrogens is 1. The van der Waals surface area contributed by atoms with Gasteiger partial charge in [-0.25, -0.2) is 4.79 Å². The summed E-state index contributed by atoms with van der Waals surface area (Å²) in [5.41, 5.74) is 2.32. The van der Waals surface area contributed by atoms with Crippen molar-refractivity contribution in [2.75, 3.05) is 24.5 Å². The van der Waals surface area contributed by atoms with Crippen molar-refractivity contribution in [2.45, 2.75) is 19.4 Å². The zero-order valence-corrected chi connectivity index (χ0v) is 16.0. The summed E-state index contributed by atoms with van der Waals surface area (Å²) in [6, 6.07) is 18.4. The highest BCUT2D eigenvalue weighted by molar-refractivity contribution is 5.86. The molecule has 2 amide bonds. The van der Waals surface area contributed by atoms with Crippen molar-refractivity contribution in [1.29, 1.82) is 0 Å². The molecule has 3 aromatic rings. The number of nitrogens with zero attached hydrogens (tertiary/aromatic N) is 2. The van der Waals surface area contributed by atoms with E-state index in [1.165, 1.54) is 16.5 Å². The molecule has 0 unspecified atom stereocenters. The summed E-state index contributed by atoms with van der Waals surface area (Å²) in [4.78, 5) is 18.8. The van der Waals surface area contributed by atoms with E-state index in [0.29, 0.717) is 12.5 Å². The number of anilines is 1. The minimum absolute atomic E-state index is 0.0948. The standard InChI is InChI=1S/C23H26N4O/c28-23(26-16-20-7-3-6-19-5-1-2-9-22(19)20)25-15-18-10-13-27(14-11-18)21-8-4-12-24-17-21/h1-9,12,17-18H,10-11,13-16H2,(H2,25,26,28). The second kappa shape index (κ2) is 8.74. The third-order valence-corrected chi connectivity index (χ3v) is 5.50. The van der Waals surface area contributed by atoms with Crippen LogP contribution in [0, 0.1) is 5.92 Å². The zero-order valence-electron chi connectivity index (χ0n) is 16.0. The van der Waals surface area contributed by atoms with Crippen LogP contribution in [0.3, 0.4) is 0 Å². The number of carbonyl (C=O) groups excluding carboxylic acids is 1. The number of nitrogens with one attached hydrogen (secondary N) is 2. The molecule has 1 fully saturated rings. The van der Waals surface area contributed by atoms with E-state index in [-0.39, 0.29) is 6.03 Å². The maximum atomic E-state index is 12.2. The van der Waals surface area contributed by atoms with Gasteiger partial charge in [-0.15, -0.1) is 0 Å². The van der Waals surface area contributed by atoms with Crippen LogP contribution in [-0.2, 0) is 6.54 Å². The maximum absolute atomic E-state index is 12.2. The molecular formula is C23H26N4O. The van der Waals surface area contributed by atoms with Crippen LogP contribution in [0.1, 0.15) is 18.4 Å². The Balaban J connectivity index is 1.22. The lowest BCUT2D eigenvalue weighted by Crippen LogP contribution is -2.41. The first-order chi connectivity index (χ1) is 13.8. The molecule has 28 heavy (non-hydrogen) atoms. The first-order valence-electron chi connectivity index (χ1n) is 9.93. The number of pyridine rings is 1. The highest BCUT2D eigenvalue weighted by atomic mass is 16.2. The van der Waals surface area contributed by atoms with Gasteiger partial charge in [0.05, 0.1) is 11.9 Å². The van der Waals surface area contributed by atoms with E-state index < -0.39 is 0 Å². The van der Waals surface area contributed by atoms with E-state index >= 15 is 0 Å². The smallest absolute Gasteiger partial charge is 0.315 e. The van der Waals surface area contributed by atoms with E-state index in [0.717, 1.165) is 38.0 Å². The van der Waals surface area contributed by atoms with Gasteiger partial charge in [0, 0.05) is 32.4 Å². The largest absolute Gasteiger partial charge is 0.370 e. The quantitative estimate of drug-likeness (QED) is 0.711. The molecule has 0 radical (unpaired) electrons. The third kappa shape index (κ3) is 4.42. The Labute approximate surface area is 165 Å². The normalized spacial score (nSPS) is 14.8. The second-order valence-electron chi connectivity index (χ2n) is 7.34. The van der Waals surface area contributed by atoms with Crippen molar-refractivity contribution < 1.29 is 4.79 Å². The second-order valence-corrected chi connectivity index (χ2v) is 7.34. The molecule has 0 saturated carbocycles. The Morgan fingerprint density at radius 3 is 2.64 bits per heavy atom. The summed E-state index contributed by atoms with van der Waals surface area (Å²) in [5, 5.41) is 8.43. The summed E-state index contributed by atoms with van der Waals surface area (Å²) < 4.78 is 0. The van der Waals surface area contributed by atoms with Gasteiger partial charge in [0.1, 0.15) is 0 Å². The van der Waals surface area contributed by atoms with Crippen LogP contribution in [0.5, 0.6) is 0 Å². The molecule has 4 rings (SSSR count). The Hall–Kier alpha value is -3.08. The van der Waals surface area contributed by atoms with Gasteiger partial charge in [-0.05, 0) is 47.2 Å². The van der Waals surface area contributed by atoms with E-state index in [9.17, 15) is 4.79 Å². The van der Waals surface area contributed by atoms with E-state index in [2.05, 4.69) is 50.8 Å². The Morgan fingerprint density at radius 1 is 1.00 bits per heavy atom. The first kappa shape index (κ1) is 18.3. The molecule has 1 aromatic heterocycles. The maximum Gasteiger partial charge on any atom is 0.315 e. The van der Waals surface area contributed by atoms with Crippen molar-refractivity contribution in [3.63, 3.8) is 0 Å². The van der Waals surface area contributed by atoms with Gasteiger partial charge in [-0.2, -0.15) is 0 Å². The number of hydrogen-bond acceptors (Lipinski definition) is 3. The summed E-state index contributed by atoms with van der Waals surface area (Å²) in [6.07, 6.45) is 5.88. The van der Waals surface area contributed by atoms with Gasteiger partial charge in [0.15, 0.2) is 0 Å². The Bertz CT molecular complexity index is 915. The van der Waals surface area contributed by atoms with Crippen LogP contribution < -0.4 is 15.5 Å². The first-order valence-corrected chi connectivity index (χ1v) is 9.93. The van der Waals surface area contributed by atoms with Crippen molar-refractivity contribution >= 4 is 22.5 Å². The fourth-order valence-electron chi connectivity index (χ4n) is 3.86. The summed E-state index contributed by atoms with van der Waals surface area (Å²) in [6.45, 7) is 3.28. The van der Waals surface area contributed by atoms with Crippen molar-refractivity contribution in [3.8, 4) is 0 Å². The van der Waals surface area contributed by atoms with Crippen LogP contribution in [-0.4, -0.2) is 30.6 Å². The number of piperidine rings is 1. The highest BCUT2D eigenvalue weighted by Gasteiger charge is 2.20. The predicted molar refractivity (Wildman–Crippen MR) is 113 cm³/mol. The molecule has 2 aromatic carbocycles. The number of carbonyl (C=O) groups is 1. The van der Waals surface area contributed by atoms with Crippen LogP contribution in [0.25, 0.3) is 10.8 Å². The van der Waals surface area contributed by atoms with Crippen LogP contribution in [0.15, 0.2) is 67.0 Å². The molecular weight excluding hydrogens is 348 g/mol. The predicted octanol–water partition coefficient (Wildman–Crippen LogP) is 3.95. The topological polar surface area (TPSA) is 57.3 Å². The SMILES string of the molecule is O=C(NCc1cccc2ccccc12)NCC1CCN(c2cccnc2)CC1. The lowest BCUT2D eigenvalue weighted by atomic mass is 9.96. The van der Waals surface area contributed by atoms with E-state index in [1.54, 1.807) is 6.20 Å². The molecule has 0 spiro atoms. The highest BCUT2D eigenvalue weighted by Crippen LogP contribution is 2.22. The fraction of sp³-hybridized carbons (Fsp3) is 0.304. The average molecular weight is 374 g/mol. The number of amides is 2. The van der Waals surface area contributed by atoms with Gasteiger partial charge < -0.3 is 15.5 Å². The van der Waals surface area contributed by atoms with E-state index in [4.69, 9.17) is 0 Å². The molecule has 5 nitrogen and oxygen atoms in total. The van der Waals surface area contributed by atoms with Gasteiger partial charge in [0.25, 0.3) is 0 Å². The summed E-state index contributed by atoms with van der Waals surface area (Å²) in [7, 11) is 0. The molecule has 1 aliphatic heterocycles. The molecule has 0 atom stereocenters.